The number of carbonyl (C=O) groups is 4. The second kappa shape index (κ2) is 26.0. The van der Waals surface area contributed by atoms with Gasteiger partial charge in [0.2, 0.25) is 0 Å². The number of carbonyl (C=O) groups excluding carboxylic acids is 2. The van der Waals surface area contributed by atoms with E-state index in [1.807, 2.05) is 97.3 Å². The van der Waals surface area contributed by atoms with Gasteiger partial charge in [-0.3, -0.25) is 19.2 Å². The SMILES string of the molecule is CCC[C@H](c1ccc(C(=O)NCCC(=O)O)cc1)[C@@H](c1ccc(Cl)cc1)c1c[nH]c2c(Cl)cc(Cl)cc12.CCC[C@H](c1ccc(C(=O)NCCC(=O)O)cc1)[C@H](c1ccc(Cl)cc1)c1c[nH]c2c(Cl)cc(Cl)cc12. The summed E-state index contributed by atoms with van der Waals surface area (Å²) in [5.41, 5.74) is 9.19. The van der Waals surface area contributed by atoms with E-state index in [0.29, 0.717) is 41.3 Å². The van der Waals surface area contributed by atoms with Crippen LogP contribution in [0.5, 0.6) is 0 Å². The lowest BCUT2D eigenvalue weighted by Gasteiger charge is -2.28. The Labute approximate surface area is 459 Å². The Hall–Kier alpha value is -5.98. The van der Waals surface area contributed by atoms with Gasteiger partial charge in [-0.1, -0.05) is 145 Å². The third-order valence-corrected chi connectivity index (χ3v) is 14.6. The average Bonchev–Trinajstić information content (AvgIpc) is 3.99. The van der Waals surface area contributed by atoms with Gasteiger partial charge >= 0.3 is 11.9 Å². The molecule has 384 valence electrons. The number of halogens is 6. The molecule has 6 aromatic carbocycles. The van der Waals surface area contributed by atoms with E-state index in [2.05, 4.69) is 34.4 Å². The van der Waals surface area contributed by atoms with Gasteiger partial charge in [-0.2, -0.15) is 0 Å². The molecule has 0 saturated heterocycles. The van der Waals surface area contributed by atoms with Gasteiger partial charge in [-0.05, 0) is 131 Å². The van der Waals surface area contributed by atoms with Gasteiger partial charge in [0.15, 0.2) is 0 Å². The number of benzene rings is 6. The van der Waals surface area contributed by atoms with Crippen molar-refractivity contribution < 1.29 is 29.4 Å². The minimum atomic E-state index is -0.953. The first kappa shape index (κ1) is 55.8. The fourth-order valence-corrected chi connectivity index (χ4v) is 11.0. The highest BCUT2D eigenvalue weighted by molar-refractivity contribution is 6.39. The lowest BCUT2D eigenvalue weighted by atomic mass is 9.75. The maximum atomic E-state index is 12.5. The molecule has 0 bridgehead atoms. The fourth-order valence-electron chi connectivity index (χ4n) is 9.67. The molecular weight excluding hydrogens is 1060 g/mol. The third-order valence-electron chi connectivity index (χ3n) is 13.1. The van der Waals surface area contributed by atoms with Crippen LogP contribution in [0.15, 0.2) is 134 Å². The largest absolute Gasteiger partial charge is 0.481 e. The quantitative estimate of drug-likeness (QED) is 0.0445. The van der Waals surface area contributed by atoms with Crippen molar-refractivity contribution in [2.24, 2.45) is 0 Å². The highest BCUT2D eigenvalue weighted by atomic mass is 35.5. The summed E-state index contributed by atoms with van der Waals surface area (Å²) in [6.45, 7) is 4.47. The van der Waals surface area contributed by atoms with Crippen LogP contribution in [-0.2, 0) is 9.59 Å². The zero-order chi connectivity index (χ0) is 53.1. The summed E-state index contributed by atoms with van der Waals surface area (Å²) in [5.74, 6) is -2.38. The van der Waals surface area contributed by atoms with Gasteiger partial charge in [-0.25, -0.2) is 0 Å². The Morgan fingerprint density at radius 3 is 1.14 bits per heavy atom. The highest BCUT2D eigenvalue weighted by Gasteiger charge is 2.31. The Kier molecular flexibility index (Phi) is 19.6. The number of aromatic amines is 2. The van der Waals surface area contributed by atoms with E-state index in [4.69, 9.17) is 79.8 Å². The molecule has 2 heterocycles. The number of rotatable bonds is 20. The molecule has 2 amide bonds. The highest BCUT2D eigenvalue weighted by Crippen LogP contribution is 2.47. The van der Waals surface area contributed by atoms with Crippen molar-refractivity contribution in [1.82, 2.24) is 20.6 Å². The summed E-state index contributed by atoms with van der Waals surface area (Å²) in [7, 11) is 0. The Bertz CT molecular complexity index is 3010. The minimum Gasteiger partial charge on any atom is -0.481 e. The number of carboxylic acids is 2. The Morgan fingerprint density at radius 1 is 0.473 bits per heavy atom. The summed E-state index contributed by atoms with van der Waals surface area (Å²) in [6.07, 6.45) is 7.47. The average molecular weight is 1120 g/mol. The molecule has 0 aliphatic carbocycles. The molecule has 16 heteroatoms. The van der Waals surface area contributed by atoms with Crippen LogP contribution >= 0.6 is 69.6 Å². The Balaban J connectivity index is 0.000000216. The number of hydrogen-bond donors (Lipinski definition) is 6. The first-order chi connectivity index (χ1) is 35.6. The first-order valence-corrected chi connectivity index (χ1v) is 26.5. The lowest BCUT2D eigenvalue weighted by Crippen LogP contribution is -2.26. The normalized spacial score (nSPS) is 12.9. The second-order valence-electron chi connectivity index (χ2n) is 18.0. The van der Waals surface area contributed by atoms with Crippen LogP contribution in [0.2, 0.25) is 30.1 Å². The van der Waals surface area contributed by atoms with E-state index in [1.54, 1.807) is 36.4 Å². The number of nitrogens with one attached hydrogen (secondary N) is 4. The summed E-state index contributed by atoms with van der Waals surface area (Å²) in [5, 5.41) is 28.4. The zero-order valence-corrected chi connectivity index (χ0v) is 45.0. The fraction of sp³-hybridized carbons (Fsp3) is 0.241. The van der Waals surface area contributed by atoms with Crippen LogP contribution in [-0.4, -0.2) is 57.0 Å². The van der Waals surface area contributed by atoms with Crippen molar-refractivity contribution >= 4 is 115 Å². The third kappa shape index (κ3) is 13.8. The molecule has 0 aliphatic rings. The van der Waals surface area contributed by atoms with Crippen molar-refractivity contribution in [1.29, 1.82) is 0 Å². The van der Waals surface area contributed by atoms with Crippen LogP contribution in [0.4, 0.5) is 0 Å². The molecule has 2 aromatic heterocycles. The maximum Gasteiger partial charge on any atom is 0.305 e. The van der Waals surface area contributed by atoms with E-state index in [9.17, 15) is 19.2 Å². The van der Waals surface area contributed by atoms with Crippen LogP contribution in [0, 0.1) is 0 Å². The predicted molar refractivity (Wildman–Crippen MR) is 301 cm³/mol. The molecule has 0 radical (unpaired) electrons. The number of fused-ring (bicyclic) bond motifs is 2. The topological polar surface area (TPSA) is 164 Å². The Morgan fingerprint density at radius 2 is 0.811 bits per heavy atom. The van der Waals surface area contributed by atoms with Crippen LogP contribution in [0.1, 0.15) is 130 Å². The molecule has 0 fully saturated rings. The molecule has 8 rings (SSSR count). The van der Waals surface area contributed by atoms with Crippen molar-refractivity contribution in [2.45, 2.75) is 76.0 Å². The summed E-state index contributed by atoms with van der Waals surface area (Å²) >= 11 is 38.2. The number of H-pyrrole nitrogens is 2. The van der Waals surface area contributed by atoms with Gasteiger partial charge in [-0.15, -0.1) is 0 Å². The zero-order valence-electron chi connectivity index (χ0n) is 40.5. The van der Waals surface area contributed by atoms with Crippen molar-refractivity contribution in [3.05, 3.63) is 208 Å². The van der Waals surface area contributed by atoms with Gasteiger partial charge in [0.25, 0.3) is 11.8 Å². The summed E-state index contributed by atoms with van der Waals surface area (Å²) in [6, 6.07) is 38.2. The predicted octanol–water partition coefficient (Wildman–Crippen LogP) is 16.1. The lowest BCUT2D eigenvalue weighted by molar-refractivity contribution is -0.137. The number of aromatic nitrogens is 2. The molecule has 8 aromatic rings. The second-order valence-corrected chi connectivity index (χ2v) is 20.6. The van der Waals surface area contributed by atoms with Crippen molar-refractivity contribution in [2.75, 3.05) is 13.1 Å². The molecule has 0 spiro atoms. The number of hydrogen-bond acceptors (Lipinski definition) is 4. The molecule has 10 nitrogen and oxygen atoms in total. The molecule has 6 N–H and O–H groups in total. The van der Waals surface area contributed by atoms with E-state index < -0.39 is 11.9 Å². The number of aliphatic carboxylic acids is 2. The van der Waals surface area contributed by atoms with Crippen LogP contribution in [0.3, 0.4) is 0 Å². The van der Waals surface area contributed by atoms with E-state index in [1.165, 1.54) is 0 Å². The van der Waals surface area contributed by atoms with Gasteiger partial charge in [0.05, 0.1) is 33.9 Å². The standard InChI is InChI=1S/2C29H27Cl3N2O3/c2*1-2-3-22(17-4-6-19(7-5-17)29(37)33-13-12-26(35)36)27(18-8-10-20(30)11-9-18)24-16-34-28-23(24)14-21(31)15-25(28)32/h2*4-11,14-16,22,27,34H,2-3,12-13H2,1H3,(H,33,37)(H,35,36)/t22-,27+;22-,27-/m11/s1. The molecule has 74 heavy (non-hydrogen) atoms. The molecule has 0 unspecified atom stereocenters. The molecule has 0 saturated carbocycles. The van der Waals surface area contributed by atoms with Gasteiger partial charge in [0.1, 0.15) is 0 Å². The summed E-state index contributed by atoms with van der Waals surface area (Å²) in [4.78, 5) is 53.1. The first-order valence-electron chi connectivity index (χ1n) is 24.2. The van der Waals surface area contributed by atoms with Crippen LogP contribution < -0.4 is 10.6 Å². The van der Waals surface area contributed by atoms with E-state index in [-0.39, 0.29) is 61.4 Å². The molecule has 0 aliphatic heterocycles. The molecular formula is C58H54Cl6N4O6. The van der Waals surface area contributed by atoms with Gasteiger partial charge < -0.3 is 30.8 Å². The van der Waals surface area contributed by atoms with Crippen molar-refractivity contribution in [3.8, 4) is 0 Å². The smallest absolute Gasteiger partial charge is 0.305 e. The van der Waals surface area contributed by atoms with E-state index in [0.717, 1.165) is 80.9 Å². The number of amides is 2. The van der Waals surface area contributed by atoms with Gasteiger partial charge in [0, 0.05) is 79.3 Å². The monoisotopic (exact) mass is 1110 g/mol. The minimum absolute atomic E-state index is 0.0317. The van der Waals surface area contributed by atoms with E-state index >= 15 is 0 Å². The summed E-state index contributed by atoms with van der Waals surface area (Å²) < 4.78 is 0. The maximum absolute atomic E-state index is 12.5. The van der Waals surface area contributed by atoms with Crippen LogP contribution in [0.25, 0.3) is 21.8 Å². The number of carboxylic acid groups (broad SMARTS) is 2. The van der Waals surface area contributed by atoms with Crippen molar-refractivity contribution in [3.63, 3.8) is 0 Å². The molecule has 4 atom stereocenters.